The van der Waals surface area contributed by atoms with Gasteiger partial charge in [0.05, 0.1) is 16.7 Å². The highest BCUT2D eigenvalue weighted by molar-refractivity contribution is 8.02. The van der Waals surface area contributed by atoms with Crippen LogP contribution in [0, 0.1) is 11.3 Å². The van der Waals surface area contributed by atoms with Gasteiger partial charge in [-0.2, -0.15) is 5.26 Å². The number of carbonyl (C=O) groups excluding carboxylic acids is 1. The molecule has 1 amide bonds. The number of allylic oxidation sites excluding steroid dienone is 1. The van der Waals surface area contributed by atoms with E-state index >= 15 is 0 Å². The summed E-state index contributed by atoms with van der Waals surface area (Å²) in [4.78, 5) is 12.4. The number of halogens is 1. The van der Waals surface area contributed by atoms with E-state index in [9.17, 15) is 10.1 Å². The number of hydrogen-bond acceptors (Lipinski definition) is 4. The van der Waals surface area contributed by atoms with Crippen molar-refractivity contribution in [1.82, 2.24) is 5.32 Å². The summed E-state index contributed by atoms with van der Waals surface area (Å²) in [6.07, 6.45) is 0.248. The predicted octanol–water partition coefficient (Wildman–Crippen LogP) is 6.19. The topological polar surface area (TPSA) is 62.1 Å². The molecule has 0 saturated carbocycles. The Balaban J connectivity index is 1.48. The number of nitrogens with zero attached hydrogens (tertiary/aromatic N) is 1. The Hall–Kier alpha value is -3.20. The molecule has 0 aromatic heterocycles. The number of carbonyl (C=O) groups is 1. The van der Waals surface area contributed by atoms with Crippen molar-refractivity contribution in [3.8, 4) is 11.8 Å². The summed E-state index contributed by atoms with van der Waals surface area (Å²) in [5, 5.41) is 14.0. The van der Waals surface area contributed by atoms with Crippen molar-refractivity contribution in [2.24, 2.45) is 0 Å². The van der Waals surface area contributed by atoms with Crippen molar-refractivity contribution in [1.29, 1.82) is 5.26 Å². The first-order valence-corrected chi connectivity index (χ1v) is 11.6. The lowest BCUT2D eigenvalue weighted by atomic mass is 9.87. The van der Waals surface area contributed by atoms with Crippen LogP contribution in [-0.2, 0) is 17.2 Å². The summed E-state index contributed by atoms with van der Waals surface area (Å²) in [7, 11) is 0. The number of benzene rings is 3. The molecule has 0 fully saturated rings. The largest absolute Gasteiger partial charge is 0.489 e. The van der Waals surface area contributed by atoms with Gasteiger partial charge in [0.15, 0.2) is 0 Å². The molecule has 0 aliphatic carbocycles. The number of nitriles is 1. The van der Waals surface area contributed by atoms with Gasteiger partial charge in [0, 0.05) is 23.1 Å². The van der Waals surface area contributed by atoms with Gasteiger partial charge in [-0.3, -0.25) is 4.79 Å². The molecule has 0 radical (unpaired) electrons. The minimum Gasteiger partial charge on any atom is -0.489 e. The maximum Gasteiger partial charge on any atom is 0.225 e. The SMILES string of the molecule is N#CC1=C(SCc2ccc(Cl)cc2)NC(=O)CC1c1ccc(OCc2ccccc2)cc1. The summed E-state index contributed by atoms with van der Waals surface area (Å²) >= 11 is 7.41. The third-order valence-corrected chi connectivity index (χ3v) is 6.52. The molecular weight excluding hydrogens is 440 g/mol. The first-order valence-electron chi connectivity index (χ1n) is 10.2. The fraction of sp³-hybridized carbons (Fsp3) is 0.154. The van der Waals surface area contributed by atoms with Crippen molar-refractivity contribution >= 4 is 29.3 Å². The van der Waals surface area contributed by atoms with Crippen LogP contribution in [0.1, 0.15) is 29.0 Å². The van der Waals surface area contributed by atoms with Gasteiger partial charge in [0.1, 0.15) is 12.4 Å². The monoisotopic (exact) mass is 460 g/mol. The maximum atomic E-state index is 12.4. The van der Waals surface area contributed by atoms with Crippen molar-refractivity contribution in [2.75, 3.05) is 0 Å². The van der Waals surface area contributed by atoms with E-state index < -0.39 is 0 Å². The smallest absolute Gasteiger partial charge is 0.225 e. The number of amides is 1. The lowest BCUT2D eigenvalue weighted by molar-refractivity contribution is -0.120. The third-order valence-electron chi connectivity index (χ3n) is 5.18. The molecule has 1 N–H and O–H groups in total. The molecule has 0 spiro atoms. The maximum absolute atomic E-state index is 12.4. The first kappa shape index (κ1) is 22.0. The number of rotatable bonds is 7. The molecule has 4 rings (SSSR count). The van der Waals surface area contributed by atoms with Crippen LogP contribution < -0.4 is 10.1 Å². The molecule has 1 aliphatic rings. The quantitative estimate of drug-likeness (QED) is 0.456. The molecule has 3 aromatic rings. The van der Waals surface area contributed by atoms with Crippen molar-refractivity contribution < 1.29 is 9.53 Å². The second kappa shape index (κ2) is 10.4. The molecule has 4 nitrogen and oxygen atoms in total. The van der Waals surface area contributed by atoms with Gasteiger partial charge in [-0.1, -0.05) is 66.2 Å². The molecule has 1 aliphatic heterocycles. The molecule has 0 saturated heterocycles. The molecular formula is C26H21ClN2O2S. The number of ether oxygens (including phenoxy) is 1. The highest BCUT2D eigenvalue weighted by Crippen LogP contribution is 2.37. The van der Waals surface area contributed by atoms with E-state index in [-0.39, 0.29) is 18.2 Å². The Kier molecular flexibility index (Phi) is 7.16. The van der Waals surface area contributed by atoms with E-state index in [4.69, 9.17) is 16.3 Å². The van der Waals surface area contributed by atoms with Gasteiger partial charge in [-0.15, -0.1) is 11.8 Å². The summed E-state index contributed by atoms with van der Waals surface area (Å²) in [6, 6.07) is 27.5. The zero-order chi connectivity index (χ0) is 22.3. The molecule has 0 bridgehead atoms. The van der Waals surface area contributed by atoms with Crippen LogP contribution in [0.2, 0.25) is 5.02 Å². The van der Waals surface area contributed by atoms with E-state index in [0.29, 0.717) is 28.0 Å². The lowest BCUT2D eigenvalue weighted by Crippen LogP contribution is -2.30. The minimum absolute atomic E-state index is 0.0861. The van der Waals surface area contributed by atoms with Crippen molar-refractivity contribution in [2.45, 2.75) is 24.7 Å². The van der Waals surface area contributed by atoms with E-state index in [1.807, 2.05) is 78.9 Å². The fourth-order valence-electron chi connectivity index (χ4n) is 3.49. The summed E-state index contributed by atoms with van der Waals surface area (Å²) < 4.78 is 5.86. The van der Waals surface area contributed by atoms with Crippen LogP contribution in [0.5, 0.6) is 5.75 Å². The van der Waals surface area contributed by atoms with Gasteiger partial charge in [-0.25, -0.2) is 0 Å². The van der Waals surface area contributed by atoms with Gasteiger partial charge < -0.3 is 10.1 Å². The lowest BCUT2D eigenvalue weighted by Gasteiger charge is -2.25. The third kappa shape index (κ3) is 5.53. The minimum atomic E-state index is -0.273. The number of thioether (sulfide) groups is 1. The van der Waals surface area contributed by atoms with E-state index in [1.165, 1.54) is 11.8 Å². The fourth-order valence-corrected chi connectivity index (χ4v) is 4.65. The Bertz CT molecular complexity index is 1150. The Morgan fingerprint density at radius 1 is 1.00 bits per heavy atom. The first-order chi connectivity index (χ1) is 15.6. The highest BCUT2D eigenvalue weighted by Gasteiger charge is 2.29. The molecule has 1 heterocycles. The predicted molar refractivity (Wildman–Crippen MR) is 128 cm³/mol. The molecule has 1 atom stereocenters. The number of hydrogen-bond donors (Lipinski definition) is 1. The van der Waals surface area contributed by atoms with Gasteiger partial charge >= 0.3 is 0 Å². The van der Waals surface area contributed by atoms with E-state index in [0.717, 1.165) is 22.4 Å². The Labute approximate surface area is 196 Å². The average molecular weight is 461 g/mol. The van der Waals surface area contributed by atoms with Crippen LogP contribution in [-0.4, -0.2) is 5.91 Å². The zero-order valence-corrected chi connectivity index (χ0v) is 18.8. The van der Waals surface area contributed by atoms with Gasteiger partial charge in [0.25, 0.3) is 0 Å². The summed E-state index contributed by atoms with van der Waals surface area (Å²) in [5.41, 5.74) is 3.67. The normalized spacial score (nSPS) is 15.8. The van der Waals surface area contributed by atoms with Crippen molar-refractivity contribution in [3.05, 3.63) is 111 Å². The van der Waals surface area contributed by atoms with Gasteiger partial charge in [-0.05, 0) is 41.0 Å². The average Bonchev–Trinajstić information content (AvgIpc) is 2.83. The van der Waals surface area contributed by atoms with Gasteiger partial charge in [0.2, 0.25) is 5.91 Å². The standard InChI is InChI=1S/C26H21ClN2O2S/c27-21-10-6-19(7-11-21)17-32-26-24(15-28)23(14-25(30)29-26)20-8-12-22(13-9-20)31-16-18-4-2-1-3-5-18/h1-13,23H,14,16-17H2,(H,29,30). The van der Waals surface area contributed by atoms with Crippen molar-refractivity contribution in [3.63, 3.8) is 0 Å². The summed E-state index contributed by atoms with van der Waals surface area (Å²) in [5.74, 6) is 1.02. The second-order valence-corrected chi connectivity index (χ2v) is 8.84. The number of nitrogens with one attached hydrogen (secondary N) is 1. The van der Waals surface area contributed by atoms with Crippen LogP contribution in [0.15, 0.2) is 89.5 Å². The highest BCUT2D eigenvalue weighted by atomic mass is 35.5. The van der Waals surface area contributed by atoms with Crippen LogP contribution >= 0.6 is 23.4 Å². The summed E-state index contributed by atoms with van der Waals surface area (Å²) in [6.45, 7) is 0.487. The molecule has 1 unspecified atom stereocenters. The Morgan fingerprint density at radius 2 is 1.72 bits per heavy atom. The van der Waals surface area contributed by atoms with E-state index in [1.54, 1.807) is 0 Å². The van der Waals surface area contributed by atoms with Crippen LogP contribution in [0.4, 0.5) is 0 Å². The zero-order valence-electron chi connectivity index (χ0n) is 17.3. The Morgan fingerprint density at radius 3 is 2.41 bits per heavy atom. The molecule has 160 valence electrons. The molecule has 6 heteroatoms. The molecule has 3 aromatic carbocycles. The van der Waals surface area contributed by atoms with E-state index in [2.05, 4.69) is 11.4 Å². The van der Waals surface area contributed by atoms with Crippen LogP contribution in [0.25, 0.3) is 0 Å². The molecule has 32 heavy (non-hydrogen) atoms. The van der Waals surface area contributed by atoms with Crippen LogP contribution in [0.3, 0.4) is 0 Å². The second-order valence-electron chi connectivity index (χ2n) is 7.42.